The summed E-state index contributed by atoms with van der Waals surface area (Å²) in [6.07, 6.45) is 14.0. The molecule has 0 aliphatic rings. The van der Waals surface area contributed by atoms with E-state index in [1.807, 2.05) is 6.08 Å². The minimum atomic E-state index is 0.775. The van der Waals surface area contributed by atoms with E-state index in [1.54, 1.807) is 5.56 Å². The smallest absolute Gasteiger partial charge is 0.0162 e. The Labute approximate surface area is 119 Å². The molecule has 0 nitrogen and oxygen atoms in total. The summed E-state index contributed by atoms with van der Waals surface area (Å²) in [6.45, 7) is 6.08. The Morgan fingerprint density at radius 3 is 2.26 bits per heavy atom. The van der Waals surface area contributed by atoms with Crippen molar-refractivity contribution < 1.29 is 0 Å². The van der Waals surface area contributed by atoms with E-state index in [-0.39, 0.29) is 0 Å². The van der Waals surface area contributed by atoms with Crippen LogP contribution < -0.4 is 0 Å². The number of hydrogen-bond donors (Lipinski definition) is 0. The molecule has 1 atom stereocenters. The van der Waals surface area contributed by atoms with Crippen LogP contribution in [0.15, 0.2) is 43.0 Å². The Bertz CT molecular complexity index is 312. The van der Waals surface area contributed by atoms with Gasteiger partial charge in [-0.05, 0) is 37.2 Å². The summed E-state index contributed by atoms with van der Waals surface area (Å²) in [4.78, 5) is 0. The molecular formula is C19H30. The van der Waals surface area contributed by atoms with Crippen molar-refractivity contribution >= 4 is 0 Å². The van der Waals surface area contributed by atoms with E-state index in [0.717, 1.165) is 5.92 Å². The monoisotopic (exact) mass is 258 g/mol. The van der Waals surface area contributed by atoms with Crippen molar-refractivity contribution in [2.24, 2.45) is 0 Å². The quantitative estimate of drug-likeness (QED) is 0.314. The average molecular weight is 258 g/mol. The molecule has 0 bridgehead atoms. The van der Waals surface area contributed by atoms with Crippen molar-refractivity contribution in [3.05, 3.63) is 48.6 Å². The molecule has 0 N–H and O–H groups in total. The third-order valence-corrected chi connectivity index (χ3v) is 3.89. The molecule has 0 amide bonds. The van der Waals surface area contributed by atoms with Crippen LogP contribution in [0, 0.1) is 0 Å². The fourth-order valence-electron chi connectivity index (χ4n) is 2.70. The van der Waals surface area contributed by atoms with Crippen molar-refractivity contribution in [1.29, 1.82) is 0 Å². The fraction of sp³-hybridized carbons (Fsp3) is 0.579. The Hall–Kier alpha value is -1.04. The van der Waals surface area contributed by atoms with E-state index in [0.29, 0.717) is 0 Å². The standard InChI is InChI=1S/C19H30/c1-3-5-7-8-11-15-18(14-10-6-4-2)19-16-12-9-13-17-19/h3,9,12-13,16-18H,1,4-8,10-11,14-15H2,2H3. The molecule has 0 aliphatic carbocycles. The number of allylic oxidation sites excluding steroid dienone is 1. The van der Waals surface area contributed by atoms with E-state index in [1.165, 1.54) is 57.8 Å². The zero-order valence-corrected chi connectivity index (χ0v) is 12.6. The van der Waals surface area contributed by atoms with Gasteiger partial charge in [0.2, 0.25) is 0 Å². The first kappa shape index (κ1) is 16.0. The molecule has 19 heavy (non-hydrogen) atoms. The lowest BCUT2D eigenvalue weighted by atomic mass is 9.88. The summed E-state index contributed by atoms with van der Waals surface area (Å²) in [5.41, 5.74) is 1.54. The largest absolute Gasteiger partial charge is 0.103 e. The van der Waals surface area contributed by atoms with E-state index < -0.39 is 0 Å². The van der Waals surface area contributed by atoms with Gasteiger partial charge in [-0.15, -0.1) is 6.58 Å². The van der Waals surface area contributed by atoms with Gasteiger partial charge in [0.15, 0.2) is 0 Å². The first-order valence-electron chi connectivity index (χ1n) is 8.04. The second-order valence-corrected chi connectivity index (χ2v) is 5.53. The van der Waals surface area contributed by atoms with E-state index in [4.69, 9.17) is 0 Å². The first-order chi connectivity index (χ1) is 9.38. The SMILES string of the molecule is C=CCCCCCC(CCCCC)c1ccccc1. The van der Waals surface area contributed by atoms with Crippen LogP contribution in [0.5, 0.6) is 0 Å². The molecule has 1 aromatic rings. The fourth-order valence-corrected chi connectivity index (χ4v) is 2.70. The number of benzene rings is 1. The normalized spacial score (nSPS) is 12.3. The molecule has 0 aliphatic heterocycles. The lowest BCUT2D eigenvalue weighted by Crippen LogP contribution is -1.99. The summed E-state index contributed by atoms with van der Waals surface area (Å²) in [5.74, 6) is 0.775. The van der Waals surface area contributed by atoms with Crippen molar-refractivity contribution in [3.8, 4) is 0 Å². The molecule has 1 aromatic carbocycles. The van der Waals surface area contributed by atoms with Gasteiger partial charge in [0.05, 0.1) is 0 Å². The Kier molecular flexibility index (Phi) is 9.14. The molecule has 106 valence electrons. The molecular weight excluding hydrogens is 228 g/mol. The molecule has 0 saturated carbocycles. The van der Waals surface area contributed by atoms with E-state index in [9.17, 15) is 0 Å². The van der Waals surface area contributed by atoms with Crippen LogP contribution in [-0.2, 0) is 0 Å². The third kappa shape index (κ3) is 7.20. The van der Waals surface area contributed by atoms with Crippen LogP contribution in [0.1, 0.15) is 76.2 Å². The molecule has 1 rings (SSSR count). The zero-order valence-electron chi connectivity index (χ0n) is 12.6. The molecule has 0 radical (unpaired) electrons. The summed E-state index contributed by atoms with van der Waals surface area (Å²) in [5, 5.41) is 0. The van der Waals surface area contributed by atoms with Gasteiger partial charge in [-0.1, -0.05) is 75.4 Å². The predicted molar refractivity (Wildman–Crippen MR) is 86.6 cm³/mol. The summed E-state index contributed by atoms with van der Waals surface area (Å²) in [6, 6.07) is 11.1. The Morgan fingerprint density at radius 2 is 1.63 bits per heavy atom. The van der Waals surface area contributed by atoms with Gasteiger partial charge in [0.1, 0.15) is 0 Å². The topological polar surface area (TPSA) is 0 Å². The maximum Gasteiger partial charge on any atom is -0.0162 e. The molecule has 0 fully saturated rings. The third-order valence-electron chi connectivity index (χ3n) is 3.89. The maximum absolute atomic E-state index is 3.79. The van der Waals surface area contributed by atoms with Gasteiger partial charge in [-0.3, -0.25) is 0 Å². The highest BCUT2D eigenvalue weighted by Crippen LogP contribution is 2.28. The summed E-state index contributed by atoms with van der Waals surface area (Å²) >= 11 is 0. The van der Waals surface area contributed by atoms with Crippen LogP contribution in [0.3, 0.4) is 0 Å². The average Bonchev–Trinajstić information content (AvgIpc) is 2.46. The lowest BCUT2D eigenvalue weighted by Gasteiger charge is -2.17. The molecule has 0 aromatic heterocycles. The van der Waals surface area contributed by atoms with Crippen LogP contribution in [-0.4, -0.2) is 0 Å². The number of hydrogen-bond acceptors (Lipinski definition) is 0. The summed E-state index contributed by atoms with van der Waals surface area (Å²) in [7, 11) is 0. The Balaban J connectivity index is 2.38. The molecule has 0 heteroatoms. The van der Waals surface area contributed by atoms with Gasteiger partial charge in [0.25, 0.3) is 0 Å². The highest BCUT2D eigenvalue weighted by molar-refractivity contribution is 5.19. The number of unbranched alkanes of at least 4 members (excludes halogenated alkanes) is 5. The van der Waals surface area contributed by atoms with Crippen LogP contribution in [0.25, 0.3) is 0 Å². The van der Waals surface area contributed by atoms with Crippen LogP contribution in [0.4, 0.5) is 0 Å². The summed E-state index contributed by atoms with van der Waals surface area (Å²) < 4.78 is 0. The highest BCUT2D eigenvalue weighted by Gasteiger charge is 2.10. The molecule has 0 heterocycles. The van der Waals surface area contributed by atoms with Gasteiger partial charge in [-0.2, -0.15) is 0 Å². The van der Waals surface area contributed by atoms with Crippen LogP contribution in [0.2, 0.25) is 0 Å². The first-order valence-corrected chi connectivity index (χ1v) is 8.04. The van der Waals surface area contributed by atoms with E-state index >= 15 is 0 Å². The van der Waals surface area contributed by atoms with E-state index in [2.05, 4.69) is 43.8 Å². The maximum atomic E-state index is 3.79. The minimum Gasteiger partial charge on any atom is -0.103 e. The Morgan fingerprint density at radius 1 is 0.947 bits per heavy atom. The zero-order chi connectivity index (χ0) is 13.8. The van der Waals surface area contributed by atoms with Gasteiger partial charge >= 0.3 is 0 Å². The van der Waals surface area contributed by atoms with Crippen molar-refractivity contribution in [1.82, 2.24) is 0 Å². The van der Waals surface area contributed by atoms with Gasteiger partial charge in [-0.25, -0.2) is 0 Å². The van der Waals surface area contributed by atoms with Gasteiger partial charge < -0.3 is 0 Å². The second kappa shape index (κ2) is 10.8. The van der Waals surface area contributed by atoms with Gasteiger partial charge in [0, 0.05) is 0 Å². The molecule has 0 saturated heterocycles. The predicted octanol–water partition coefficient (Wildman–Crippen LogP) is 6.49. The molecule has 0 spiro atoms. The lowest BCUT2D eigenvalue weighted by molar-refractivity contribution is 0.503. The van der Waals surface area contributed by atoms with Crippen molar-refractivity contribution in [2.75, 3.05) is 0 Å². The second-order valence-electron chi connectivity index (χ2n) is 5.53. The molecule has 1 unspecified atom stereocenters. The number of rotatable bonds is 11. The van der Waals surface area contributed by atoms with Crippen molar-refractivity contribution in [3.63, 3.8) is 0 Å². The van der Waals surface area contributed by atoms with Crippen LogP contribution >= 0.6 is 0 Å². The minimum absolute atomic E-state index is 0.775. The highest BCUT2D eigenvalue weighted by atomic mass is 14.2. The van der Waals surface area contributed by atoms with Crippen molar-refractivity contribution in [2.45, 2.75) is 70.6 Å².